The third-order valence-electron chi connectivity index (χ3n) is 5.87. The van der Waals surface area contributed by atoms with Crippen molar-refractivity contribution in [3.05, 3.63) is 89.2 Å². The van der Waals surface area contributed by atoms with Gasteiger partial charge in [0.25, 0.3) is 0 Å². The molecule has 0 unspecified atom stereocenters. The second-order valence-electron chi connectivity index (χ2n) is 8.44. The summed E-state index contributed by atoms with van der Waals surface area (Å²) in [5, 5.41) is 0. The van der Waals surface area contributed by atoms with Crippen LogP contribution < -0.4 is 5.73 Å². The quantitative estimate of drug-likeness (QED) is 0.410. The highest BCUT2D eigenvalue weighted by atomic mass is 15.1. The molecule has 0 aliphatic carbocycles. The van der Waals surface area contributed by atoms with Crippen molar-refractivity contribution in [3.8, 4) is 11.3 Å². The van der Waals surface area contributed by atoms with E-state index >= 15 is 0 Å². The number of hydrogen-bond donors (Lipinski definition) is 2. The van der Waals surface area contributed by atoms with Gasteiger partial charge >= 0.3 is 0 Å². The Morgan fingerprint density at radius 2 is 1.91 bits per heavy atom. The standard InChI is InChI=1S/C27H33N5/c1-3-4-5-6-7-11-27-30-25-14-16-32(17-15-26(25)31-27)19-21-12-13-23(28)22(18-21)24-10-8-9-20(2)29-24/h4-10,12-13,18H,3,11,14-17,19,28H2,1-2H3,(H,30,31)/b5-4-,7-6-. The lowest BCUT2D eigenvalue weighted by Crippen LogP contribution is -2.26. The van der Waals surface area contributed by atoms with Gasteiger partial charge in [0.2, 0.25) is 0 Å². The molecule has 0 saturated heterocycles. The molecule has 4 rings (SSSR count). The first-order valence-corrected chi connectivity index (χ1v) is 11.6. The topological polar surface area (TPSA) is 70.8 Å². The first kappa shape index (κ1) is 22.0. The Morgan fingerprint density at radius 1 is 1.06 bits per heavy atom. The number of H-pyrrole nitrogens is 1. The molecule has 0 radical (unpaired) electrons. The molecule has 3 aromatic rings. The number of fused-ring (bicyclic) bond motifs is 1. The van der Waals surface area contributed by atoms with E-state index in [2.05, 4.69) is 58.2 Å². The molecular formula is C27H33N5. The number of imidazole rings is 1. The van der Waals surface area contributed by atoms with Gasteiger partial charge in [-0.25, -0.2) is 4.98 Å². The largest absolute Gasteiger partial charge is 0.398 e. The SMILES string of the molecule is CC/C=C\C=C/Cc1nc2c([nH]1)CCN(Cc1ccc(N)c(-c3cccc(C)n3)c1)CC2. The number of pyridine rings is 1. The van der Waals surface area contributed by atoms with Crippen LogP contribution in [0, 0.1) is 6.92 Å². The molecular weight excluding hydrogens is 394 g/mol. The summed E-state index contributed by atoms with van der Waals surface area (Å²) in [7, 11) is 0. The number of anilines is 1. The Hall–Kier alpha value is -3.18. The number of nitrogen functional groups attached to an aromatic ring is 1. The lowest BCUT2D eigenvalue weighted by atomic mass is 10.0. The van der Waals surface area contributed by atoms with Crippen LogP contribution in [0.2, 0.25) is 0 Å². The van der Waals surface area contributed by atoms with Crippen molar-refractivity contribution in [3.63, 3.8) is 0 Å². The van der Waals surface area contributed by atoms with E-state index in [1.165, 1.54) is 17.0 Å². The van der Waals surface area contributed by atoms with Crippen LogP contribution in [-0.2, 0) is 25.8 Å². The molecule has 1 aliphatic rings. The normalized spacial score (nSPS) is 14.8. The molecule has 1 aliphatic heterocycles. The molecule has 3 N–H and O–H groups in total. The van der Waals surface area contributed by atoms with Crippen LogP contribution in [0.15, 0.2) is 60.7 Å². The summed E-state index contributed by atoms with van der Waals surface area (Å²) in [5.41, 5.74) is 13.8. The smallest absolute Gasteiger partial charge is 0.110 e. The Kier molecular flexibility index (Phi) is 7.17. The number of nitrogens with two attached hydrogens (primary N) is 1. The molecule has 0 bridgehead atoms. The first-order valence-electron chi connectivity index (χ1n) is 11.6. The fourth-order valence-corrected chi connectivity index (χ4v) is 4.17. The molecule has 0 spiro atoms. The van der Waals surface area contributed by atoms with Crippen LogP contribution in [-0.4, -0.2) is 32.9 Å². The number of nitrogens with one attached hydrogen (secondary N) is 1. The lowest BCUT2D eigenvalue weighted by Gasteiger charge is -2.20. The van der Waals surface area contributed by atoms with Crippen molar-refractivity contribution in [1.29, 1.82) is 0 Å². The van der Waals surface area contributed by atoms with Crippen molar-refractivity contribution in [2.75, 3.05) is 18.8 Å². The number of benzene rings is 1. The number of aromatic nitrogens is 3. The van der Waals surface area contributed by atoms with Crippen molar-refractivity contribution in [2.24, 2.45) is 0 Å². The van der Waals surface area contributed by atoms with Gasteiger partial charge in [-0.2, -0.15) is 0 Å². The highest BCUT2D eigenvalue weighted by Gasteiger charge is 2.18. The van der Waals surface area contributed by atoms with Crippen LogP contribution in [0.5, 0.6) is 0 Å². The van der Waals surface area contributed by atoms with Gasteiger partial charge in [0.15, 0.2) is 0 Å². The summed E-state index contributed by atoms with van der Waals surface area (Å²) < 4.78 is 0. The average molecular weight is 428 g/mol. The number of aromatic amines is 1. The molecule has 0 amide bonds. The van der Waals surface area contributed by atoms with E-state index in [1.54, 1.807) is 0 Å². The highest BCUT2D eigenvalue weighted by molar-refractivity contribution is 5.74. The molecule has 0 atom stereocenters. The van der Waals surface area contributed by atoms with Gasteiger partial charge in [-0.3, -0.25) is 9.88 Å². The van der Waals surface area contributed by atoms with Crippen LogP contribution in [0.3, 0.4) is 0 Å². The fourth-order valence-electron chi connectivity index (χ4n) is 4.17. The lowest BCUT2D eigenvalue weighted by molar-refractivity contribution is 0.278. The fraction of sp³-hybridized carbons (Fsp3) is 0.333. The molecule has 5 heteroatoms. The minimum absolute atomic E-state index is 0.772. The first-order chi connectivity index (χ1) is 15.6. The summed E-state index contributed by atoms with van der Waals surface area (Å²) in [4.78, 5) is 15.6. The maximum Gasteiger partial charge on any atom is 0.110 e. The Balaban J connectivity index is 1.39. The second-order valence-corrected chi connectivity index (χ2v) is 8.44. The van der Waals surface area contributed by atoms with Crippen molar-refractivity contribution in [2.45, 2.75) is 46.1 Å². The van der Waals surface area contributed by atoms with Gasteiger partial charge in [0, 0.05) is 61.5 Å². The van der Waals surface area contributed by atoms with E-state index in [0.29, 0.717) is 0 Å². The zero-order chi connectivity index (χ0) is 22.3. The number of allylic oxidation sites excluding steroid dienone is 4. The highest BCUT2D eigenvalue weighted by Crippen LogP contribution is 2.26. The summed E-state index contributed by atoms with van der Waals surface area (Å²) in [6.45, 7) is 7.09. The van der Waals surface area contributed by atoms with Gasteiger partial charge in [-0.05, 0) is 43.2 Å². The second kappa shape index (κ2) is 10.4. The van der Waals surface area contributed by atoms with Crippen LogP contribution in [0.1, 0.15) is 41.8 Å². The van der Waals surface area contributed by atoms with E-state index < -0.39 is 0 Å². The maximum absolute atomic E-state index is 6.27. The van der Waals surface area contributed by atoms with Crippen LogP contribution in [0.4, 0.5) is 5.69 Å². The van der Waals surface area contributed by atoms with E-state index in [0.717, 1.165) is 73.8 Å². The predicted molar refractivity (Wildman–Crippen MR) is 132 cm³/mol. The number of aryl methyl sites for hydroxylation is 1. The molecule has 2 aromatic heterocycles. The molecule has 0 saturated carbocycles. The van der Waals surface area contributed by atoms with E-state index in [1.807, 2.05) is 31.2 Å². The van der Waals surface area contributed by atoms with Crippen molar-refractivity contribution in [1.82, 2.24) is 19.9 Å². The van der Waals surface area contributed by atoms with Gasteiger partial charge in [0.05, 0.1) is 11.4 Å². The number of rotatable bonds is 7. The zero-order valence-corrected chi connectivity index (χ0v) is 19.1. The minimum Gasteiger partial charge on any atom is -0.398 e. The van der Waals surface area contributed by atoms with Crippen molar-refractivity contribution >= 4 is 5.69 Å². The Labute approximate surface area is 191 Å². The summed E-state index contributed by atoms with van der Waals surface area (Å²) in [6.07, 6.45) is 12.4. The molecule has 3 heterocycles. The Bertz CT molecular complexity index is 1080. The third-order valence-corrected chi connectivity index (χ3v) is 5.87. The third kappa shape index (κ3) is 5.54. The minimum atomic E-state index is 0.772. The predicted octanol–water partition coefficient (Wildman–Crippen LogP) is 5.03. The molecule has 5 nitrogen and oxygen atoms in total. The molecule has 0 fully saturated rings. The van der Waals surface area contributed by atoms with Gasteiger partial charge in [-0.1, -0.05) is 43.4 Å². The Morgan fingerprint density at radius 3 is 2.75 bits per heavy atom. The molecule has 1 aromatic carbocycles. The summed E-state index contributed by atoms with van der Waals surface area (Å²) >= 11 is 0. The van der Waals surface area contributed by atoms with Gasteiger partial charge in [-0.15, -0.1) is 0 Å². The molecule has 32 heavy (non-hydrogen) atoms. The van der Waals surface area contributed by atoms with Crippen LogP contribution in [0.25, 0.3) is 11.3 Å². The van der Waals surface area contributed by atoms with Gasteiger partial charge in [0.1, 0.15) is 5.82 Å². The monoisotopic (exact) mass is 427 g/mol. The maximum atomic E-state index is 6.27. The summed E-state index contributed by atoms with van der Waals surface area (Å²) in [5.74, 6) is 1.07. The number of nitrogens with zero attached hydrogens (tertiary/aromatic N) is 3. The van der Waals surface area contributed by atoms with E-state index in [4.69, 9.17) is 10.7 Å². The van der Waals surface area contributed by atoms with Crippen LogP contribution >= 0.6 is 0 Å². The molecule has 166 valence electrons. The average Bonchev–Trinajstić information content (AvgIpc) is 3.09. The number of hydrogen-bond acceptors (Lipinski definition) is 4. The van der Waals surface area contributed by atoms with E-state index in [9.17, 15) is 0 Å². The zero-order valence-electron chi connectivity index (χ0n) is 19.1. The van der Waals surface area contributed by atoms with Gasteiger partial charge < -0.3 is 10.7 Å². The van der Waals surface area contributed by atoms with E-state index in [-0.39, 0.29) is 0 Å². The van der Waals surface area contributed by atoms with Crippen molar-refractivity contribution < 1.29 is 0 Å². The summed E-state index contributed by atoms with van der Waals surface area (Å²) in [6, 6.07) is 12.4.